The summed E-state index contributed by atoms with van der Waals surface area (Å²) < 4.78 is 28.5. The second-order valence-electron chi connectivity index (χ2n) is 5.12. The maximum absolute atomic E-state index is 12.6. The van der Waals surface area contributed by atoms with Gasteiger partial charge in [-0.1, -0.05) is 20.8 Å². The smallest absolute Gasteiger partial charge is 0.262 e. The number of imidazole rings is 1. The molecule has 2 N–H and O–H groups in total. The van der Waals surface area contributed by atoms with Crippen LogP contribution in [0.1, 0.15) is 33.0 Å². The molecule has 0 fully saturated rings. The van der Waals surface area contributed by atoms with Gasteiger partial charge in [-0.2, -0.15) is 4.31 Å². The topological polar surface area (TPSA) is 81.2 Å². The van der Waals surface area contributed by atoms with Gasteiger partial charge in [-0.3, -0.25) is 0 Å². The van der Waals surface area contributed by atoms with E-state index in [0.29, 0.717) is 19.6 Å². The van der Waals surface area contributed by atoms with Gasteiger partial charge in [0.15, 0.2) is 5.03 Å². The molecule has 1 rings (SSSR count). The van der Waals surface area contributed by atoms with E-state index in [1.807, 2.05) is 25.3 Å². The lowest BCUT2D eigenvalue weighted by atomic mass is 10.2. The molecular weight excluding hydrogens is 276 g/mol. The predicted molar refractivity (Wildman–Crippen MR) is 79.9 cm³/mol. The number of hydrogen-bond acceptors (Lipinski definition) is 4. The van der Waals surface area contributed by atoms with Crippen LogP contribution in [-0.4, -0.2) is 41.9 Å². The summed E-state index contributed by atoms with van der Waals surface area (Å²) in [6.07, 6.45) is 2.57. The summed E-state index contributed by atoms with van der Waals surface area (Å²) >= 11 is 0. The summed E-state index contributed by atoms with van der Waals surface area (Å²) in [6, 6.07) is 0. The lowest BCUT2D eigenvalue weighted by Gasteiger charge is -2.22. The van der Waals surface area contributed by atoms with Gasteiger partial charge in [0, 0.05) is 25.8 Å². The second-order valence-corrected chi connectivity index (χ2v) is 7.00. The second kappa shape index (κ2) is 7.19. The normalized spacial score (nSPS) is 13.9. The zero-order chi connectivity index (χ0) is 15.3. The van der Waals surface area contributed by atoms with Crippen molar-refractivity contribution in [3.8, 4) is 0 Å². The van der Waals surface area contributed by atoms with E-state index in [1.54, 1.807) is 6.20 Å². The van der Waals surface area contributed by atoms with Crippen LogP contribution in [0.5, 0.6) is 0 Å². The number of rotatable bonds is 8. The van der Waals surface area contributed by atoms with Gasteiger partial charge < -0.3 is 10.3 Å². The molecule has 7 heteroatoms. The third-order valence-corrected chi connectivity index (χ3v) is 5.11. The first-order valence-corrected chi connectivity index (χ1v) is 8.54. The van der Waals surface area contributed by atoms with E-state index in [4.69, 9.17) is 5.73 Å². The highest BCUT2D eigenvalue weighted by Gasteiger charge is 2.27. The molecule has 0 aliphatic carbocycles. The molecule has 1 heterocycles. The molecule has 0 aromatic carbocycles. The van der Waals surface area contributed by atoms with E-state index in [1.165, 1.54) is 4.31 Å². The van der Waals surface area contributed by atoms with E-state index in [2.05, 4.69) is 11.9 Å². The number of aryl methyl sites for hydroxylation is 2. The molecule has 116 valence electrons. The van der Waals surface area contributed by atoms with Gasteiger partial charge >= 0.3 is 0 Å². The number of aromatic nitrogens is 2. The van der Waals surface area contributed by atoms with Crippen LogP contribution in [0.25, 0.3) is 0 Å². The molecule has 20 heavy (non-hydrogen) atoms. The van der Waals surface area contributed by atoms with Crippen molar-refractivity contribution < 1.29 is 8.42 Å². The molecule has 0 spiro atoms. The molecule has 0 radical (unpaired) electrons. The Morgan fingerprint density at radius 2 is 2.10 bits per heavy atom. The molecule has 0 saturated heterocycles. The van der Waals surface area contributed by atoms with Crippen LogP contribution in [-0.2, 0) is 16.6 Å². The third kappa shape index (κ3) is 3.80. The monoisotopic (exact) mass is 302 g/mol. The third-order valence-electron chi connectivity index (χ3n) is 3.29. The molecule has 1 atom stereocenters. The Morgan fingerprint density at radius 1 is 1.45 bits per heavy atom. The quantitative estimate of drug-likeness (QED) is 0.782. The summed E-state index contributed by atoms with van der Waals surface area (Å²) in [5, 5.41) is 0.134. The van der Waals surface area contributed by atoms with Crippen LogP contribution in [0, 0.1) is 12.8 Å². The van der Waals surface area contributed by atoms with Crippen LogP contribution >= 0.6 is 0 Å². The first kappa shape index (κ1) is 17.1. The minimum Gasteiger partial charge on any atom is -0.334 e. The van der Waals surface area contributed by atoms with Crippen molar-refractivity contribution in [2.75, 3.05) is 19.6 Å². The van der Waals surface area contributed by atoms with E-state index < -0.39 is 10.0 Å². The number of nitrogens with zero attached hydrogens (tertiary/aromatic N) is 3. The molecule has 0 aliphatic heterocycles. The molecule has 1 unspecified atom stereocenters. The highest BCUT2D eigenvalue weighted by Crippen LogP contribution is 2.16. The first-order valence-electron chi connectivity index (χ1n) is 7.10. The van der Waals surface area contributed by atoms with Gasteiger partial charge in [-0.05, 0) is 25.8 Å². The standard InChI is InChI=1S/C13H26N4O2S/c1-5-7-16-10-13(15-12(16)4)20(18,19)17(6-2)9-11(3)8-14/h10-11H,5-9,14H2,1-4H3. The van der Waals surface area contributed by atoms with Crippen molar-refractivity contribution in [1.29, 1.82) is 0 Å². The Balaban J connectivity index is 3.04. The number of sulfonamides is 1. The zero-order valence-electron chi connectivity index (χ0n) is 12.8. The average molecular weight is 302 g/mol. The fourth-order valence-electron chi connectivity index (χ4n) is 2.02. The molecule has 0 bridgehead atoms. The lowest BCUT2D eigenvalue weighted by Crippen LogP contribution is -2.36. The molecule has 0 saturated carbocycles. The Labute approximate surface area is 122 Å². The van der Waals surface area contributed by atoms with Crippen LogP contribution in [0.3, 0.4) is 0 Å². The van der Waals surface area contributed by atoms with Crippen LogP contribution < -0.4 is 5.73 Å². The van der Waals surface area contributed by atoms with Crippen molar-refractivity contribution in [2.45, 2.75) is 45.7 Å². The Morgan fingerprint density at radius 3 is 2.60 bits per heavy atom. The lowest BCUT2D eigenvalue weighted by molar-refractivity contribution is 0.370. The summed E-state index contributed by atoms with van der Waals surface area (Å²) in [6.45, 7) is 9.74. The number of nitrogens with two attached hydrogens (primary N) is 1. The van der Waals surface area contributed by atoms with Crippen LogP contribution in [0.15, 0.2) is 11.2 Å². The Kier molecular flexibility index (Phi) is 6.16. The largest absolute Gasteiger partial charge is 0.334 e. The highest BCUT2D eigenvalue weighted by atomic mass is 32.2. The van der Waals surface area contributed by atoms with Gasteiger partial charge in [0.05, 0.1) is 0 Å². The molecule has 6 nitrogen and oxygen atoms in total. The van der Waals surface area contributed by atoms with Crippen LogP contribution in [0.4, 0.5) is 0 Å². The first-order chi connectivity index (χ1) is 9.36. The SMILES string of the molecule is CCCn1cc(S(=O)(=O)N(CC)CC(C)CN)nc1C. The van der Waals surface area contributed by atoms with E-state index in [9.17, 15) is 8.42 Å². The predicted octanol–water partition coefficient (Wildman–Crippen LogP) is 1.21. The van der Waals surface area contributed by atoms with E-state index in [-0.39, 0.29) is 10.9 Å². The maximum atomic E-state index is 12.6. The van der Waals surface area contributed by atoms with Gasteiger partial charge in [0.1, 0.15) is 5.82 Å². The van der Waals surface area contributed by atoms with Gasteiger partial charge in [0.2, 0.25) is 0 Å². The van der Waals surface area contributed by atoms with Crippen LogP contribution in [0.2, 0.25) is 0 Å². The highest BCUT2D eigenvalue weighted by molar-refractivity contribution is 7.89. The van der Waals surface area contributed by atoms with Gasteiger partial charge in [0.25, 0.3) is 10.0 Å². The minimum atomic E-state index is -3.53. The molecule has 1 aromatic rings. The minimum absolute atomic E-state index is 0.128. The zero-order valence-corrected chi connectivity index (χ0v) is 13.7. The maximum Gasteiger partial charge on any atom is 0.262 e. The molecule has 0 aliphatic rings. The summed E-state index contributed by atoms with van der Waals surface area (Å²) in [5.74, 6) is 0.858. The fourth-order valence-corrected chi connectivity index (χ4v) is 3.59. The van der Waals surface area contributed by atoms with E-state index >= 15 is 0 Å². The van der Waals surface area contributed by atoms with E-state index in [0.717, 1.165) is 18.8 Å². The Hall–Kier alpha value is -0.920. The van der Waals surface area contributed by atoms with Crippen molar-refractivity contribution >= 4 is 10.0 Å². The summed E-state index contributed by atoms with van der Waals surface area (Å²) in [5.41, 5.74) is 5.58. The van der Waals surface area contributed by atoms with Gasteiger partial charge in [-0.25, -0.2) is 13.4 Å². The molecule has 1 aromatic heterocycles. The van der Waals surface area contributed by atoms with Crippen molar-refractivity contribution in [3.63, 3.8) is 0 Å². The number of hydrogen-bond donors (Lipinski definition) is 1. The summed E-state index contributed by atoms with van der Waals surface area (Å²) in [7, 11) is -3.53. The Bertz CT molecular complexity index is 524. The van der Waals surface area contributed by atoms with Crippen molar-refractivity contribution in [1.82, 2.24) is 13.9 Å². The summed E-state index contributed by atoms with van der Waals surface area (Å²) in [4.78, 5) is 4.20. The average Bonchev–Trinajstić information content (AvgIpc) is 2.78. The molecular formula is C13H26N4O2S. The molecule has 0 amide bonds. The van der Waals surface area contributed by atoms with Crippen molar-refractivity contribution in [2.24, 2.45) is 11.7 Å². The fraction of sp³-hybridized carbons (Fsp3) is 0.769. The van der Waals surface area contributed by atoms with Gasteiger partial charge in [-0.15, -0.1) is 0 Å². The van der Waals surface area contributed by atoms with Crippen molar-refractivity contribution in [3.05, 3.63) is 12.0 Å².